The van der Waals surface area contributed by atoms with Crippen molar-refractivity contribution >= 4 is 23.6 Å². The summed E-state index contributed by atoms with van der Waals surface area (Å²) in [5, 5.41) is -0.402. The van der Waals surface area contributed by atoms with Gasteiger partial charge in [-0.15, -0.1) is 11.8 Å². The summed E-state index contributed by atoms with van der Waals surface area (Å²) in [4.78, 5) is 28.7. The van der Waals surface area contributed by atoms with Crippen molar-refractivity contribution in [1.29, 1.82) is 0 Å². The van der Waals surface area contributed by atoms with E-state index in [0.29, 0.717) is 25.2 Å². The number of hydrogen-bond donors (Lipinski definition) is 0. The van der Waals surface area contributed by atoms with Crippen LogP contribution in [0, 0.1) is 11.6 Å². The highest BCUT2D eigenvalue weighted by Gasteiger charge is 2.38. The second-order valence-corrected chi connectivity index (χ2v) is 8.03. The molecule has 0 aromatic heterocycles. The Bertz CT molecular complexity index is 842. The van der Waals surface area contributed by atoms with E-state index in [1.807, 2.05) is 13.8 Å². The van der Waals surface area contributed by atoms with Crippen molar-refractivity contribution in [1.82, 2.24) is 9.80 Å². The van der Waals surface area contributed by atoms with E-state index >= 15 is 0 Å². The summed E-state index contributed by atoms with van der Waals surface area (Å²) in [6.45, 7) is 4.93. The molecule has 1 aliphatic rings. The van der Waals surface area contributed by atoms with Crippen LogP contribution in [0.1, 0.15) is 35.1 Å². The molecule has 0 aliphatic carbocycles. The standard InChI is InChI=1S/C21H22F2N2O2S/c1-3-24(20(27)15-4-8-17(22)9-5-15)12-13-25-19(26)14(2)28-21(25)16-6-10-18(23)11-7-16/h4-11,14,21H,3,12-13H2,1-2H3/t14-,21-/m0/s1. The Kier molecular flexibility index (Phi) is 6.34. The van der Waals surface area contributed by atoms with Crippen LogP contribution in [0.4, 0.5) is 8.78 Å². The number of nitrogens with zero attached hydrogens (tertiary/aromatic N) is 2. The fourth-order valence-electron chi connectivity index (χ4n) is 3.19. The predicted molar refractivity (Wildman–Crippen MR) is 106 cm³/mol. The quantitative estimate of drug-likeness (QED) is 0.728. The molecule has 2 aromatic carbocycles. The maximum absolute atomic E-state index is 13.2. The molecule has 1 fully saturated rings. The zero-order valence-corrected chi connectivity index (χ0v) is 16.6. The van der Waals surface area contributed by atoms with Crippen LogP contribution in [0.3, 0.4) is 0 Å². The zero-order chi connectivity index (χ0) is 20.3. The Morgan fingerprint density at radius 2 is 1.64 bits per heavy atom. The summed E-state index contributed by atoms with van der Waals surface area (Å²) in [5.41, 5.74) is 1.27. The molecule has 1 aliphatic heterocycles. The topological polar surface area (TPSA) is 40.6 Å². The summed E-state index contributed by atoms with van der Waals surface area (Å²) >= 11 is 1.52. The number of hydrogen-bond acceptors (Lipinski definition) is 3. The number of carbonyl (C=O) groups excluding carboxylic acids is 2. The Morgan fingerprint density at radius 1 is 1.07 bits per heavy atom. The van der Waals surface area contributed by atoms with E-state index in [4.69, 9.17) is 0 Å². The molecule has 7 heteroatoms. The first-order valence-electron chi connectivity index (χ1n) is 9.17. The minimum atomic E-state index is -0.393. The van der Waals surface area contributed by atoms with Crippen molar-refractivity contribution in [3.05, 3.63) is 71.3 Å². The molecule has 0 unspecified atom stereocenters. The molecule has 28 heavy (non-hydrogen) atoms. The van der Waals surface area contributed by atoms with Gasteiger partial charge in [-0.05, 0) is 55.8 Å². The van der Waals surface area contributed by atoms with E-state index in [1.165, 1.54) is 48.2 Å². The fourth-order valence-corrected chi connectivity index (χ4v) is 4.50. The van der Waals surface area contributed by atoms with E-state index in [0.717, 1.165) is 5.56 Å². The highest BCUT2D eigenvalue weighted by molar-refractivity contribution is 8.01. The van der Waals surface area contributed by atoms with Crippen LogP contribution >= 0.6 is 11.8 Å². The highest BCUT2D eigenvalue weighted by atomic mass is 32.2. The summed E-state index contributed by atoms with van der Waals surface area (Å²) in [7, 11) is 0. The number of benzene rings is 2. The van der Waals surface area contributed by atoms with Gasteiger partial charge in [-0.1, -0.05) is 12.1 Å². The van der Waals surface area contributed by atoms with Gasteiger partial charge in [0.15, 0.2) is 0 Å². The van der Waals surface area contributed by atoms with Crippen LogP contribution in [0.2, 0.25) is 0 Å². The molecule has 0 saturated carbocycles. The minimum absolute atomic E-state index is 0.00427. The third-order valence-electron chi connectivity index (χ3n) is 4.77. The van der Waals surface area contributed by atoms with Crippen molar-refractivity contribution in [3.63, 3.8) is 0 Å². The van der Waals surface area contributed by atoms with E-state index in [9.17, 15) is 18.4 Å². The maximum Gasteiger partial charge on any atom is 0.253 e. The van der Waals surface area contributed by atoms with Gasteiger partial charge in [0, 0.05) is 25.2 Å². The number of halogens is 2. The van der Waals surface area contributed by atoms with Crippen LogP contribution < -0.4 is 0 Å². The second kappa shape index (κ2) is 8.73. The molecule has 2 aromatic rings. The summed E-state index contributed by atoms with van der Waals surface area (Å²) < 4.78 is 26.3. The molecule has 1 heterocycles. The van der Waals surface area contributed by atoms with E-state index in [-0.39, 0.29) is 28.3 Å². The third kappa shape index (κ3) is 4.35. The van der Waals surface area contributed by atoms with Crippen LogP contribution in [0.15, 0.2) is 48.5 Å². The Hall–Kier alpha value is -2.41. The lowest BCUT2D eigenvalue weighted by molar-refractivity contribution is -0.130. The van der Waals surface area contributed by atoms with Gasteiger partial charge in [0.05, 0.1) is 5.25 Å². The Labute approximate surface area is 167 Å². The number of amides is 2. The molecule has 2 amide bonds. The minimum Gasteiger partial charge on any atom is -0.337 e. The van der Waals surface area contributed by atoms with Crippen molar-refractivity contribution in [2.45, 2.75) is 24.5 Å². The van der Waals surface area contributed by atoms with Crippen molar-refractivity contribution in [2.24, 2.45) is 0 Å². The van der Waals surface area contributed by atoms with Crippen molar-refractivity contribution in [2.75, 3.05) is 19.6 Å². The van der Waals surface area contributed by atoms with Crippen molar-refractivity contribution < 1.29 is 18.4 Å². The van der Waals surface area contributed by atoms with E-state index < -0.39 is 5.82 Å². The van der Waals surface area contributed by atoms with Gasteiger partial charge in [0.2, 0.25) is 5.91 Å². The van der Waals surface area contributed by atoms with Crippen LogP contribution in [0.25, 0.3) is 0 Å². The molecular weight excluding hydrogens is 382 g/mol. The molecule has 2 atom stereocenters. The maximum atomic E-state index is 13.2. The molecule has 0 radical (unpaired) electrons. The summed E-state index contributed by atoms with van der Waals surface area (Å²) in [6, 6.07) is 11.6. The number of thioether (sulfide) groups is 1. The molecule has 0 spiro atoms. The largest absolute Gasteiger partial charge is 0.337 e. The zero-order valence-electron chi connectivity index (χ0n) is 15.8. The predicted octanol–water partition coefficient (Wildman–Crippen LogP) is 4.09. The molecule has 0 N–H and O–H groups in total. The van der Waals surface area contributed by atoms with Gasteiger partial charge in [0.1, 0.15) is 17.0 Å². The first-order valence-corrected chi connectivity index (χ1v) is 10.1. The number of likely N-dealkylation sites (N-methyl/N-ethyl adjacent to an activating group) is 1. The first-order chi connectivity index (χ1) is 13.4. The smallest absolute Gasteiger partial charge is 0.253 e. The summed E-state index contributed by atoms with van der Waals surface area (Å²) in [5.74, 6) is -0.909. The normalized spacial score (nSPS) is 19.1. The molecular formula is C21H22F2N2O2S. The lowest BCUT2D eigenvalue weighted by Crippen LogP contribution is -2.40. The van der Waals surface area contributed by atoms with E-state index in [1.54, 1.807) is 21.9 Å². The van der Waals surface area contributed by atoms with E-state index in [2.05, 4.69) is 0 Å². The van der Waals surface area contributed by atoms with Gasteiger partial charge in [-0.25, -0.2) is 8.78 Å². The monoisotopic (exact) mass is 404 g/mol. The average molecular weight is 404 g/mol. The highest BCUT2D eigenvalue weighted by Crippen LogP contribution is 2.42. The molecule has 148 valence electrons. The lowest BCUT2D eigenvalue weighted by atomic mass is 10.2. The number of rotatable bonds is 6. The van der Waals surface area contributed by atoms with Gasteiger partial charge in [0.25, 0.3) is 5.91 Å². The summed E-state index contributed by atoms with van der Waals surface area (Å²) in [6.07, 6.45) is 0. The van der Waals surface area contributed by atoms with Gasteiger partial charge in [-0.2, -0.15) is 0 Å². The van der Waals surface area contributed by atoms with Crippen LogP contribution in [-0.4, -0.2) is 46.5 Å². The Balaban J connectivity index is 1.72. The second-order valence-electron chi connectivity index (χ2n) is 6.61. The van der Waals surface area contributed by atoms with Gasteiger partial charge < -0.3 is 9.80 Å². The van der Waals surface area contributed by atoms with Crippen LogP contribution in [0.5, 0.6) is 0 Å². The first kappa shape index (κ1) is 20.3. The van der Waals surface area contributed by atoms with Gasteiger partial charge in [-0.3, -0.25) is 9.59 Å². The average Bonchev–Trinajstić information content (AvgIpc) is 2.98. The van der Waals surface area contributed by atoms with Crippen molar-refractivity contribution in [3.8, 4) is 0 Å². The molecule has 4 nitrogen and oxygen atoms in total. The van der Waals surface area contributed by atoms with Gasteiger partial charge >= 0.3 is 0 Å². The van der Waals surface area contributed by atoms with Crippen LogP contribution in [-0.2, 0) is 4.79 Å². The fraction of sp³-hybridized carbons (Fsp3) is 0.333. The SMILES string of the molecule is CCN(CCN1C(=O)[C@H](C)S[C@H]1c1ccc(F)cc1)C(=O)c1ccc(F)cc1. The Morgan fingerprint density at radius 3 is 2.21 bits per heavy atom. The number of carbonyl (C=O) groups is 2. The lowest BCUT2D eigenvalue weighted by Gasteiger charge is -2.28. The third-order valence-corrected chi connectivity index (χ3v) is 6.17. The molecule has 3 rings (SSSR count). The molecule has 1 saturated heterocycles. The molecule has 0 bridgehead atoms.